The standard InChI is InChI=1S/C3H6N6S3/c1-9(2)3-4-11-6-10-7-12(5-3)8-11/h1-2H3. The van der Waals surface area contributed by atoms with Gasteiger partial charge in [0, 0.05) is 14.1 Å². The van der Waals surface area contributed by atoms with Gasteiger partial charge < -0.3 is 4.90 Å². The molecule has 2 aliphatic heterocycles. The predicted molar refractivity (Wildman–Crippen MR) is 52.9 cm³/mol. The Morgan fingerprint density at radius 1 is 1.25 bits per heavy atom. The highest BCUT2D eigenvalue weighted by Crippen LogP contribution is 2.12. The Balaban J connectivity index is 2.44. The number of nitrogens with zero attached hydrogens (tertiary/aromatic N) is 6. The van der Waals surface area contributed by atoms with Gasteiger partial charge in [0.2, 0.25) is 5.96 Å². The van der Waals surface area contributed by atoms with E-state index in [9.17, 15) is 0 Å². The molecule has 0 fully saturated rings. The van der Waals surface area contributed by atoms with Gasteiger partial charge in [0.15, 0.2) is 22.1 Å². The van der Waals surface area contributed by atoms with Crippen molar-refractivity contribution in [1.82, 2.24) is 4.90 Å². The van der Waals surface area contributed by atoms with Crippen LogP contribution in [0.5, 0.6) is 0 Å². The Morgan fingerprint density at radius 3 is 2.67 bits per heavy atom. The van der Waals surface area contributed by atoms with E-state index in [1.807, 2.05) is 19.0 Å². The maximum atomic E-state index is 4.20. The van der Waals surface area contributed by atoms with Gasteiger partial charge in [-0.25, -0.2) is 0 Å². The van der Waals surface area contributed by atoms with Gasteiger partial charge in [-0.05, 0) is 0 Å². The molecule has 12 heavy (non-hydrogen) atoms. The maximum absolute atomic E-state index is 4.20. The summed E-state index contributed by atoms with van der Waals surface area (Å²) in [6, 6.07) is 0. The van der Waals surface area contributed by atoms with Crippen molar-refractivity contribution in [3.63, 3.8) is 0 Å². The van der Waals surface area contributed by atoms with Crippen molar-refractivity contribution in [3.05, 3.63) is 0 Å². The van der Waals surface area contributed by atoms with Gasteiger partial charge >= 0.3 is 0 Å². The van der Waals surface area contributed by atoms with E-state index >= 15 is 0 Å². The molecule has 0 aromatic rings. The average molecular weight is 222 g/mol. The van der Waals surface area contributed by atoms with E-state index in [1.165, 1.54) is 0 Å². The molecule has 0 saturated carbocycles. The Bertz CT molecular complexity index is 371. The summed E-state index contributed by atoms with van der Waals surface area (Å²) in [4.78, 5) is 1.84. The van der Waals surface area contributed by atoms with Crippen molar-refractivity contribution < 1.29 is 0 Å². The third kappa shape index (κ3) is 1.52. The van der Waals surface area contributed by atoms with Crippen molar-refractivity contribution in [1.29, 1.82) is 0 Å². The molecular weight excluding hydrogens is 216 g/mol. The van der Waals surface area contributed by atoms with E-state index in [0.717, 1.165) is 11.4 Å². The summed E-state index contributed by atoms with van der Waals surface area (Å²) in [5.41, 5.74) is 0. The first-order valence-corrected chi connectivity index (χ1v) is 5.95. The summed E-state index contributed by atoms with van der Waals surface area (Å²) in [6.45, 7) is 0. The molecule has 0 amide bonds. The van der Waals surface area contributed by atoms with Crippen LogP contribution < -0.4 is 0 Å². The minimum atomic E-state index is -0.561. The first-order valence-electron chi connectivity index (χ1n) is 3.03. The quantitative estimate of drug-likeness (QED) is 0.593. The van der Waals surface area contributed by atoms with Gasteiger partial charge in [0.1, 0.15) is 0 Å². The minimum absolute atomic E-state index is 0.561. The largest absolute Gasteiger partial charge is 0.346 e. The van der Waals surface area contributed by atoms with Gasteiger partial charge in [-0.15, -0.1) is 20.1 Å². The summed E-state index contributed by atoms with van der Waals surface area (Å²) in [6.07, 6.45) is 0. The maximum Gasteiger partial charge on any atom is 0.243 e. The zero-order valence-corrected chi connectivity index (χ0v) is 8.86. The lowest BCUT2D eigenvalue weighted by Crippen LogP contribution is -2.22. The van der Waals surface area contributed by atoms with Gasteiger partial charge in [-0.1, -0.05) is 0 Å². The monoisotopic (exact) mass is 222 g/mol. The SMILES string of the molecule is CN(C)C1=NS2=NS(=N1)N=S=N2. The molecule has 0 aromatic heterocycles. The molecule has 2 bridgehead atoms. The topological polar surface area (TPSA) is 65.0 Å². The number of guanidine groups is 1. The van der Waals surface area contributed by atoms with Crippen LogP contribution in [0.15, 0.2) is 20.1 Å². The van der Waals surface area contributed by atoms with Crippen molar-refractivity contribution in [2.45, 2.75) is 0 Å². The van der Waals surface area contributed by atoms with E-state index in [0.29, 0.717) is 5.96 Å². The van der Waals surface area contributed by atoms with Crippen LogP contribution in [0.25, 0.3) is 0 Å². The molecule has 0 aliphatic carbocycles. The van der Waals surface area contributed by atoms with Gasteiger partial charge in [-0.3, -0.25) is 0 Å². The van der Waals surface area contributed by atoms with Crippen LogP contribution in [0.4, 0.5) is 0 Å². The molecule has 2 rings (SSSR count). The highest BCUT2D eigenvalue weighted by molar-refractivity contribution is 8.02. The predicted octanol–water partition coefficient (Wildman–Crippen LogP) is 0.645. The first kappa shape index (κ1) is 8.20. The summed E-state index contributed by atoms with van der Waals surface area (Å²) >= 11 is 0.0394. The van der Waals surface area contributed by atoms with E-state index < -0.39 is 22.1 Å². The second kappa shape index (κ2) is 3.15. The fourth-order valence-corrected chi connectivity index (χ4v) is 3.85. The third-order valence-corrected chi connectivity index (χ3v) is 4.38. The minimum Gasteiger partial charge on any atom is -0.346 e. The molecule has 0 spiro atoms. The first-order chi connectivity index (χ1) is 5.75. The molecule has 2 atom stereocenters. The molecule has 2 aliphatic rings. The molecule has 9 heteroatoms. The summed E-state index contributed by atoms with van der Waals surface area (Å²) < 4.78 is 20.6. The third-order valence-electron chi connectivity index (χ3n) is 1.06. The van der Waals surface area contributed by atoms with Crippen LogP contribution in [0.1, 0.15) is 0 Å². The lowest BCUT2D eigenvalue weighted by molar-refractivity contribution is 0.618. The zero-order chi connectivity index (χ0) is 8.55. The van der Waals surface area contributed by atoms with E-state index in [2.05, 4.69) is 20.1 Å². The second-order valence-corrected chi connectivity index (χ2v) is 5.47. The average Bonchev–Trinajstić information content (AvgIpc) is 2.03. The van der Waals surface area contributed by atoms with Crippen molar-refractivity contribution in [2.24, 2.45) is 20.1 Å². The second-order valence-electron chi connectivity index (χ2n) is 2.17. The Labute approximate surface area is 78.7 Å². The number of rotatable bonds is 0. The number of hydrogen-bond acceptors (Lipinski definition) is 6. The van der Waals surface area contributed by atoms with E-state index in [4.69, 9.17) is 0 Å². The van der Waals surface area contributed by atoms with Crippen LogP contribution in [-0.2, 0) is 33.5 Å². The molecular formula is C3H6N6S3. The van der Waals surface area contributed by atoms with Gasteiger partial charge in [0.25, 0.3) is 0 Å². The molecule has 0 N–H and O–H groups in total. The summed E-state index contributed by atoms with van der Waals surface area (Å²) in [5.74, 6) is 0.685. The van der Waals surface area contributed by atoms with Crippen LogP contribution in [-0.4, -0.2) is 25.0 Å². The van der Waals surface area contributed by atoms with Gasteiger partial charge in [-0.2, -0.15) is 0 Å². The Kier molecular flexibility index (Phi) is 2.15. The van der Waals surface area contributed by atoms with Gasteiger partial charge in [0.05, 0.1) is 11.4 Å². The molecule has 0 aromatic carbocycles. The normalized spacial score (nSPS) is 31.0. The number of fused-ring (bicyclic) bond motifs is 1. The van der Waals surface area contributed by atoms with Crippen molar-refractivity contribution in [3.8, 4) is 0 Å². The summed E-state index contributed by atoms with van der Waals surface area (Å²) in [5, 5.41) is 0. The van der Waals surface area contributed by atoms with E-state index in [1.54, 1.807) is 0 Å². The molecule has 2 heterocycles. The van der Waals surface area contributed by atoms with Crippen LogP contribution in [0.3, 0.4) is 0 Å². The smallest absolute Gasteiger partial charge is 0.243 e. The Hall–Kier alpha value is -0.410. The van der Waals surface area contributed by atoms with Crippen molar-refractivity contribution >= 4 is 39.4 Å². The van der Waals surface area contributed by atoms with Crippen LogP contribution in [0.2, 0.25) is 0 Å². The van der Waals surface area contributed by atoms with Crippen LogP contribution >= 0.6 is 0 Å². The Morgan fingerprint density at radius 2 is 2.00 bits per heavy atom. The summed E-state index contributed by atoms with van der Waals surface area (Å²) in [7, 11) is 3.79. The fourth-order valence-electron chi connectivity index (χ4n) is 0.553. The zero-order valence-electron chi connectivity index (χ0n) is 6.41. The van der Waals surface area contributed by atoms with E-state index in [-0.39, 0.29) is 0 Å². The molecule has 0 radical (unpaired) electrons. The highest BCUT2D eigenvalue weighted by atomic mass is 32.3. The highest BCUT2D eigenvalue weighted by Gasteiger charge is 2.12. The molecule has 2 unspecified atom stereocenters. The lowest BCUT2D eigenvalue weighted by Gasteiger charge is -2.13. The lowest BCUT2D eigenvalue weighted by atomic mass is 10.8. The number of hydrogen-bond donors (Lipinski definition) is 0. The van der Waals surface area contributed by atoms with Crippen LogP contribution in [0, 0.1) is 0 Å². The molecule has 0 saturated heterocycles. The molecule has 6 nitrogen and oxygen atoms in total. The van der Waals surface area contributed by atoms with Crippen molar-refractivity contribution in [2.75, 3.05) is 14.1 Å². The fraction of sp³-hybridized carbons (Fsp3) is 0.667. The molecule has 66 valence electrons.